The maximum atomic E-state index is 12.3. The van der Waals surface area contributed by atoms with Crippen molar-refractivity contribution in [2.75, 3.05) is 27.9 Å². The number of carbonyl (C=O) groups is 1. The van der Waals surface area contributed by atoms with E-state index in [0.717, 1.165) is 24.2 Å². The summed E-state index contributed by atoms with van der Waals surface area (Å²) < 4.78 is 21.8. The lowest BCUT2D eigenvalue weighted by Crippen LogP contribution is -2.28. The van der Waals surface area contributed by atoms with E-state index in [2.05, 4.69) is 11.4 Å². The van der Waals surface area contributed by atoms with Gasteiger partial charge < -0.3 is 24.3 Å². The van der Waals surface area contributed by atoms with Gasteiger partial charge in [0.05, 0.1) is 21.3 Å². The Hall–Kier alpha value is -2.89. The maximum Gasteiger partial charge on any atom is 0.258 e. The number of aryl methyl sites for hydroxylation is 1. The fourth-order valence-corrected chi connectivity index (χ4v) is 3.51. The van der Waals surface area contributed by atoms with E-state index < -0.39 is 0 Å². The summed E-state index contributed by atoms with van der Waals surface area (Å²) in [6, 6.07) is 9.71. The van der Waals surface area contributed by atoms with Crippen LogP contribution in [-0.4, -0.2) is 33.8 Å². The molecule has 0 radical (unpaired) electrons. The van der Waals surface area contributed by atoms with Crippen LogP contribution in [0.2, 0.25) is 0 Å². The van der Waals surface area contributed by atoms with Crippen LogP contribution in [0.3, 0.4) is 0 Å². The van der Waals surface area contributed by atoms with Crippen LogP contribution < -0.4 is 24.3 Å². The van der Waals surface area contributed by atoms with Gasteiger partial charge >= 0.3 is 0 Å². The Morgan fingerprint density at radius 3 is 2.36 bits per heavy atom. The lowest BCUT2D eigenvalue weighted by molar-refractivity contribution is -0.123. The topological polar surface area (TPSA) is 66.0 Å². The van der Waals surface area contributed by atoms with Gasteiger partial charge in [0, 0.05) is 6.54 Å². The summed E-state index contributed by atoms with van der Waals surface area (Å²) in [5.41, 5.74) is 3.42. The Bertz CT molecular complexity index is 809. The number of fused-ring (bicyclic) bond motifs is 1. The smallest absolute Gasteiger partial charge is 0.258 e. The van der Waals surface area contributed by atoms with Crippen LogP contribution >= 0.6 is 0 Å². The Balaban J connectivity index is 1.59. The number of nitrogens with one attached hydrogen (secondary N) is 1. The summed E-state index contributed by atoms with van der Waals surface area (Å²) in [6.07, 6.45) is 4.48. The summed E-state index contributed by atoms with van der Waals surface area (Å²) in [5.74, 6) is 2.27. The first-order valence-electron chi connectivity index (χ1n) is 9.45. The average Bonchev–Trinajstić information content (AvgIpc) is 2.75. The van der Waals surface area contributed by atoms with Crippen molar-refractivity contribution in [3.63, 3.8) is 0 Å². The molecule has 3 rings (SSSR count). The first-order chi connectivity index (χ1) is 13.7. The van der Waals surface area contributed by atoms with Crippen molar-refractivity contribution in [2.24, 2.45) is 0 Å². The van der Waals surface area contributed by atoms with E-state index in [0.29, 0.717) is 23.8 Å². The van der Waals surface area contributed by atoms with E-state index >= 15 is 0 Å². The lowest BCUT2D eigenvalue weighted by atomic mass is 9.91. The maximum absolute atomic E-state index is 12.3. The molecule has 0 saturated carbocycles. The quantitative estimate of drug-likeness (QED) is 0.755. The molecule has 0 bridgehead atoms. The van der Waals surface area contributed by atoms with Gasteiger partial charge in [0.25, 0.3) is 5.91 Å². The van der Waals surface area contributed by atoms with E-state index in [9.17, 15) is 4.79 Å². The number of hydrogen-bond donors (Lipinski definition) is 1. The Morgan fingerprint density at radius 1 is 0.964 bits per heavy atom. The number of amides is 1. The molecule has 1 N–H and O–H groups in total. The largest absolute Gasteiger partial charge is 0.493 e. The molecule has 0 aromatic heterocycles. The third-order valence-electron chi connectivity index (χ3n) is 4.93. The molecule has 28 heavy (non-hydrogen) atoms. The van der Waals surface area contributed by atoms with Gasteiger partial charge in [-0.1, -0.05) is 12.1 Å². The van der Waals surface area contributed by atoms with Gasteiger partial charge in [-0.2, -0.15) is 0 Å². The molecule has 0 fully saturated rings. The van der Waals surface area contributed by atoms with Crippen LogP contribution in [0.25, 0.3) is 0 Å². The lowest BCUT2D eigenvalue weighted by Gasteiger charge is -2.19. The van der Waals surface area contributed by atoms with Gasteiger partial charge in [0.15, 0.2) is 18.1 Å². The van der Waals surface area contributed by atoms with Crippen molar-refractivity contribution in [1.29, 1.82) is 0 Å². The predicted octanol–water partition coefficient (Wildman–Crippen LogP) is 3.29. The SMILES string of the molecule is COc1cc(CNC(=O)COc2cccc3c2CCCC3)cc(OC)c1OC. The molecule has 0 aliphatic heterocycles. The summed E-state index contributed by atoms with van der Waals surface area (Å²) in [6.45, 7) is 0.326. The highest BCUT2D eigenvalue weighted by Crippen LogP contribution is 2.38. The van der Waals surface area contributed by atoms with Gasteiger partial charge in [-0.05, 0) is 60.6 Å². The van der Waals surface area contributed by atoms with Crippen LogP contribution in [0.4, 0.5) is 0 Å². The molecule has 1 aliphatic carbocycles. The van der Waals surface area contributed by atoms with Crippen LogP contribution in [0.15, 0.2) is 30.3 Å². The van der Waals surface area contributed by atoms with E-state index in [1.54, 1.807) is 21.3 Å². The molecule has 1 amide bonds. The van der Waals surface area contributed by atoms with Gasteiger partial charge in [-0.25, -0.2) is 0 Å². The van der Waals surface area contributed by atoms with E-state index in [-0.39, 0.29) is 12.5 Å². The second-order valence-electron chi connectivity index (χ2n) is 6.70. The molecular weight excluding hydrogens is 358 g/mol. The van der Waals surface area contributed by atoms with Crippen LogP contribution in [-0.2, 0) is 24.2 Å². The van der Waals surface area contributed by atoms with Crippen molar-refractivity contribution < 1.29 is 23.7 Å². The molecule has 0 spiro atoms. The van der Waals surface area contributed by atoms with Crippen molar-refractivity contribution in [3.05, 3.63) is 47.0 Å². The van der Waals surface area contributed by atoms with Gasteiger partial charge in [-0.3, -0.25) is 4.79 Å². The minimum absolute atomic E-state index is 0.0130. The van der Waals surface area contributed by atoms with E-state index in [4.69, 9.17) is 18.9 Å². The van der Waals surface area contributed by atoms with Crippen LogP contribution in [0, 0.1) is 0 Å². The van der Waals surface area contributed by atoms with Crippen LogP contribution in [0.1, 0.15) is 29.5 Å². The van der Waals surface area contributed by atoms with Gasteiger partial charge in [0.2, 0.25) is 5.75 Å². The van der Waals surface area contributed by atoms with Crippen molar-refractivity contribution in [2.45, 2.75) is 32.2 Å². The van der Waals surface area contributed by atoms with Crippen molar-refractivity contribution >= 4 is 5.91 Å². The average molecular weight is 385 g/mol. The number of ether oxygens (including phenoxy) is 4. The highest BCUT2D eigenvalue weighted by Gasteiger charge is 2.16. The molecule has 2 aromatic carbocycles. The predicted molar refractivity (Wildman–Crippen MR) is 107 cm³/mol. The summed E-state index contributed by atoms with van der Waals surface area (Å²) in [7, 11) is 4.68. The third-order valence-corrected chi connectivity index (χ3v) is 4.93. The normalized spacial score (nSPS) is 12.7. The molecule has 1 aliphatic rings. The summed E-state index contributed by atoms with van der Waals surface area (Å²) in [5, 5.41) is 2.87. The second-order valence-corrected chi connectivity index (χ2v) is 6.70. The molecule has 2 aromatic rings. The van der Waals surface area contributed by atoms with Crippen molar-refractivity contribution in [3.8, 4) is 23.0 Å². The minimum Gasteiger partial charge on any atom is -0.493 e. The Kier molecular flexibility index (Phi) is 6.63. The molecule has 0 unspecified atom stereocenters. The zero-order valence-electron chi connectivity index (χ0n) is 16.7. The first kappa shape index (κ1) is 19.9. The highest BCUT2D eigenvalue weighted by atomic mass is 16.5. The summed E-state index contributed by atoms with van der Waals surface area (Å²) in [4.78, 5) is 12.3. The van der Waals surface area contributed by atoms with Gasteiger partial charge in [-0.15, -0.1) is 0 Å². The molecule has 0 atom stereocenters. The standard InChI is InChI=1S/C22H27NO5/c1-25-19-11-15(12-20(26-2)22(19)27-3)13-23-21(24)14-28-18-10-6-8-16-7-4-5-9-17(16)18/h6,8,10-12H,4-5,7,9,13-14H2,1-3H3,(H,23,24). The van der Waals surface area contributed by atoms with Gasteiger partial charge in [0.1, 0.15) is 5.75 Å². The molecule has 6 heteroatoms. The zero-order valence-corrected chi connectivity index (χ0v) is 16.7. The fourth-order valence-electron chi connectivity index (χ4n) is 3.51. The fraction of sp³-hybridized carbons (Fsp3) is 0.409. The molecule has 150 valence electrons. The number of methoxy groups -OCH3 is 3. The molecule has 0 saturated heterocycles. The van der Waals surface area contributed by atoms with Crippen LogP contribution in [0.5, 0.6) is 23.0 Å². The number of hydrogen-bond acceptors (Lipinski definition) is 5. The summed E-state index contributed by atoms with van der Waals surface area (Å²) >= 11 is 0. The number of benzene rings is 2. The second kappa shape index (κ2) is 9.35. The van der Waals surface area contributed by atoms with E-state index in [1.165, 1.54) is 24.0 Å². The van der Waals surface area contributed by atoms with Crippen molar-refractivity contribution in [1.82, 2.24) is 5.32 Å². The minimum atomic E-state index is -0.179. The number of rotatable bonds is 8. The molecule has 6 nitrogen and oxygen atoms in total. The third kappa shape index (κ3) is 4.50. The monoisotopic (exact) mass is 385 g/mol. The zero-order chi connectivity index (χ0) is 19.9. The van der Waals surface area contributed by atoms with E-state index in [1.807, 2.05) is 24.3 Å². The molecule has 0 heterocycles. The first-order valence-corrected chi connectivity index (χ1v) is 9.45. The molecular formula is C22H27NO5. The highest BCUT2D eigenvalue weighted by molar-refractivity contribution is 5.77. The number of carbonyl (C=O) groups excluding carboxylic acids is 1. The Labute approximate surface area is 165 Å². The Morgan fingerprint density at radius 2 is 1.68 bits per heavy atom.